The first-order valence-electron chi connectivity index (χ1n) is 11.0. The van der Waals surface area contributed by atoms with E-state index in [0.717, 1.165) is 11.8 Å². The third-order valence-electron chi connectivity index (χ3n) is 6.79. The summed E-state index contributed by atoms with van der Waals surface area (Å²) in [6.45, 7) is 0. The van der Waals surface area contributed by atoms with Crippen LogP contribution in [-0.2, 0) is 0 Å². The van der Waals surface area contributed by atoms with Crippen LogP contribution in [0.1, 0.15) is 95.5 Å². The number of allylic oxidation sites excluding steroid dienone is 2. The summed E-state index contributed by atoms with van der Waals surface area (Å²) < 4.78 is 0. The molecule has 3 aliphatic rings. The van der Waals surface area contributed by atoms with Crippen molar-refractivity contribution in [3.63, 3.8) is 0 Å². The van der Waals surface area contributed by atoms with Gasteiger partial charge in [-0.15, -0.1) is 0 Å². The van der Waals surface area contributed by atoms with Crippen LogP contribution in [0.2, 0.25) is 0 Å². The van der Waals surface area contributed by atoms with Crippen LogP contribution in [0.5, 0.6) is 0 Å². The second-order valence-corrected chi connectivity index (χ2v) is 8.51. The largest absolute Gasteiger partial charge is 0.252 e. The van der Waals surface area contributed by atoms with E-state index in [1.165, 1.54) is 107 Å². The number of fused-ring (bicyclic) bond motifs is 2. The predicted octanol–water partition coefficient (Wildman–Crippen LogP) is 7.37. The molecule has 1 heteroatoms. The molecule has 0 bridgehead atoms. The number of para-hydroxylation sites is 1. The van der Waals surface area contributed by atoms with Crippen LogP contribution in [0, 0.1) is 11.8 Å². The zero-order valence-corrected chi connectivity index (χ0v) is 15.8. The first-order valence-corrected chi connectivity index (χ1v) is 11.0. The predicted molar refractivity (Wildman–Crippen MR) is 107 cm³/mol. The minimum absolute atomic E-state index is 0.735. The Morgan fingerprint density at radius 2 is 1.32 bits per heavy atom. The van der Waals surface area contributed by atoms with E-state index in [4.69, 9.17) is 5.32 Å². The average Bonchev–Trinajstić information content (AvgIpc) is 3.01. The van der Waals surface area contributed by atoms with E-state index >= 15 is 0 Å². The van der Waals surface area contributed by atoms with Crippen molar-refractivity contribution in [3.8, 4) is 0 Å². The Hall–Kier alpha value is -1.24. The highest BCUT2D eigenvalue weighted by atomic mass is 14.9. The monoisotopic (exact) mass is 336 g/mol. The molecule has 1 unspecified atom stereocenters. The molecule has 1 saturated carbocycles. The Morgan fingerprint density at radius 3 is 2.04 bits per heavy atom. The summed E-state index contributed by atoms with van der Waals surface area (Å²) in [6.07, 6.45) is 20.0. The number of rotatable bonds is 1. The zero-order chi connectivity index (χ0) is 16.9. The number of hydrogen-bond donors (Lipinski definition) is 0. The molecule has 1 atom stereocenters. The summed E-state index contributed by atoms with van der Waals surface area (Å²) in [7, 11) is 0. The van der Waals surface area contributed by atoms with Crippen LogP contribution in [0.3, 0.4) is 0 Å². The fourth-order valence-corrected chi connectivity index (χ4v) is 5.42. The Balaban J connectivity index is 1.49. The molecule has 0 aromatic heterocycles. The number of nitrogens with zero attached hydrogens (tertiary/aromatic N) is 1. The molecule has 0 spiro atoms. The highest BCUT2D eigenvalue weighted by Crippen LogP contribution is 2.48. The SMILES string of the molecule is c1ccc2c(c1)[N]C1=C2CCCC1C1CCCCCCCCCCC1. The van der Waals surface area contributed by atoms with E-state index in [-0.39, 0.29) is 0 Å². The smallest absolute Gasteiger partial charge is 0.0708 e. The van der Waals surface area contributed by atoms with Gasteiger partial charge in [0.05, 0.1) is 5.69 Å². The van der Waals surface area contributed by atoms with Crippen molar-refractivity contribution in [3.05, 3.63) is 35.5 Å². The Kier molecular flexibility index (Phi) is 5.79. The molecule has 1 fully saturated rings. The first-order chi connectivity index (χ1) is 12.4. The summed E-state index contributed by atoms with van der Waals surface area (Å²) in [5.41, 5.74) is 5.77. The molecule has 2 aliphatic carbocycles. The van der Waals surface area contributed by atoms with Gasteiger partial charge < -0.3 is 0 Å². The van der Waals surface area contributed by atoms with Crippen LogP contribution in [0.4, 0.5) is 5.69 Å². The second-order valence-electron chi connectivity index (χ2n) is 8.51. The van der Waals surface area contributed by atoms with Crippen LogP contribution in [-0.4, -0.2) is 0 Å². The number of benzene rings is 1. The minimum atomic E-state index is 0.735. The lowest BCUT2D eigenvalue weighted by Crippen LogP contribution is -2.23. The third kappa shape index (κ3) is 3.96. The Morgan fingerprint density at radius 1 is 0.680 bits per heavy atom. The topological polar surface area (TPSA) is 14.1 Å². The van der Waals surface area contributed by atoms with Gasteiger partial charge in [-0.2, -0.15) is 0 Å². The van der Waals surface area contributed by atoms with Crippen molar-refractivity contribution in [2.24, 2.45) is 11.8 Å². The van der Waals surface area contributed by atoms with Crippen molar-refractivity contribution >= 4 is 11.3 Å². The van der Waals surface area contributed by atoms with Crippen LogP contribution < -0.4 is 5.32 Å². The Bertz CT molecular complexity index is 588. The van der Waals surface area contributed by atoms with Crippen molar-refractivity contribution < 1.29 is 0 Å². The molecule has 4 rings (SSSR count). The molecular weight excluding hydrogens is 302 g/mol. The van der Waals surface area contributed by atoms with Gasteiger partial charge in [-0.25, -0.2) is 0 Å². The third-order valence-corrected chi connectivity index (χ3v) is 6.79. The van der Waals surface area contributed by atoms with E-state index in [2.05, 4.69) is 24.3 Å². The molecule has 0 saturated heterocycles. The van der Waals surface area contributed by atoms with Gasteiger partial charge >= 0.3 is 0 Å². The van der Waals surface area contributed by atoms with E-state index in [1.807, 2.05) is 0 Å². The summed E-state index contributed by atoms with van der Waals surface area (Å²) in [5.74, 6) is 1.61. The van der Waals surface area contributed by atoms with Gasteiger partial charge in [0.25, 0.3) is 0 Å². The second kappa shape index (κ2) is 8.43. The molecule has 1 aromatic carbocycles. The summed E-state index contributed by atoms with van der Waals surface area (Å²) in [6, 6.07) is 8.84. The summed E-state index contributed by atoms with van der Waals surface area (Å²) >= 11 is 0. The lowest BCUT2D eigenvalue weighted by Gasteiger charge is -2.32. The maximum atomic E-state index is 5.14. The standard InChI is InChI=1S/C24H34N/c1-2-4-6-8-13-19(14-9-7-5-3-1)20-16-12-17-22-21-15-10-11-18-23(21)25-24(20)22/h10-11,15,18-20H,1-9,12-14,16-17H2. The molecule has 135 valence electrons. The lowest BCUT2D eigenvalue weighted by molar-refractivity contribution is 0.279. The highest BCUT2D eigenvalue weighted by molar-refractivity contribution is 5.82. The van der Waals surface area contributed by atoms with Crippen LogP contribution >= 0.6 is 0 Å². The van der Waals surface area contributed by atoms with Gasteiger partial charge in [-0.05, 0) is 49.7 Å². The number of hydrogen-bond acceptors (Lipinski definition) is 0. The summed E-state index contributed by atoms with van der Waals surface area (Å²) in [5, 5.41) is 5.14. The van der Waals surface area contributed by atoms with Gasteiger partial charge in [0.1, 0.15) is 0 Å². The van der Waals surface area contributed by atoms with E-state index in [0.29, 0.717) is 0 Å². The summed E-state index contributed by atoms with van der Waals surface area (Å²) in [4.78, 5) is 0. The fourth-order valence-electron chi connectivity index (χ4n) is 5.42. The minimum Gasteiger partial charge on any atom is -0.252 e. The molecule has 0 N–H and O–H groups in total. The maximum absolute atomic E-state index is 5.14. The normalized spacial score (nSPS) is 26.2. The van der Waals surface area contributed by atoms with Gasteiger partial charge in [0.2, 0.25) is 0 Å². The van der Waals surface area contributed by atoms with E-state index < -0.39 is 0 Å². The zero-order valence-electron chi connectivity index (χ0n) is 15.8. The van der Waals surface area contributed by atoms with Crippen molar-refractivity contribution in [2.45, 2.75) is 89.9 Å². The van der Waals surface area contributed by atoms with Crippen LogP contribution in [0.15, 0.2) is 30.0 Å². The van der Waals surface area contributed by atoms with Gasteiger partial charge in [0.15, 0.2) is 0 Å². The molecule has 1 heterocycles. The molecule has 1 aliphatic heterocycles. The molecular formula is C24H34N. The molecule has 0 amide bonds. The first kappa shape index (κ1) is 17.2. The maximum Gasteiger partial charge on any atom is 0.0708 e. The quantitative estimate of drug-likeness (QED) is 0.508. The fraction of sp³-hybridized carbons (Fsp3) is 0.667. The lowest BCUT2D eigenvalue weighted by atomic mass is 9.74. The van der Waals surface area contributed by atoms with Gasteiger partial charge in [-0.1, -0.05) is 76.0 Å². The molecule has 1 aromatic rings. The van der Waals surface area contributed by atoms with Gasteiger partial charge in [0, 0.05) is 17.2 Å². The van der Waals surface area contributed by atoms with E-state index in [9.17, 15) is 0 Å². The van der Waals surface area contributed by atoms with Gasteiger partial charge in [-0.3, -0.25) is 5.32 Å². The molecule has 1 radical (unpaired) electrons. The highest BCUT2D eigenvalue weighted by Gasteiger charge is 2.35. The van der Waals surface area contributed by atoms with E-state index in [1.54, 1.807) is 5.57 Å². The Labute approximate surface area is 154 Å². The van der Waals surface area contributed by atoms with Crippen molar-refractivity contribution in [1.29, 1.82) is 0 Å². The van der Waals surface area contributed by atoms with Crippen LogP contribution in [0.25, 0.3) is 5.57 Å². The average molecular weight is 337 g/mol. The van der Waals surface area contributed by atoms with Crippen molar-refractivity contribution in [1.82, 2.24) is 5.32 Å². The van der Waals surface area contributed by atoms with Crippen molar-refractivity contribution in [2.75, 3.05) is 0 Å². The molecule has 1 nitrogen and oxygen atoms in total. The molecule has 25 heavy (non-hydrogen) atoms.